The summed E-state index contributed by atoms with van der Waals surface area (Å²) in [5.74, 6) is 0.320. The van der Waals surface area contributed by atoms with Gasteiger partial charge >= 0.3 is 6.18 Å². The third kappa shape index (κ3) is 5.16. The number of nitrogens with zero attached hydrogens (tertiary/aromatic N) is 2. The minimum absolute atomic E-state index is 0.206. The van der Waals surface area contributed by atoms with Gasteiger partial charge < -0.3 is 5.32 Å². The number of hydrogen-bond donors (Lipinski definition) is 1. The topological polar surface area (TPSA) is 62.3 Å². The fourth-order valence-electron chi connectivity index (χ4n) is 1.64. The number of halogens is 3. The highest BCUT2D eigenvalue weighted by Crippen LogP contribution is 2.23. The molecule has 5 nitrogen and oxygen atoms in total. The van der Waals surface area contributed by atoms with Crippen molar-refractivity contribution < 1.29 is 21.6 Å². The molecule has 0 amide bonds. The maximum Gasteiger partial charge on any atom is 0.402 e. The Morgan fingerprint density at radius 1 is 1.33 bits per heavy atom. The van der Waals surface area contributed by atoms with Gasteiger partial charge in [0.15, 0.2) is 0 Å². The number of rotatable bonds is 7. The Morgan fingerprint density at radius 2 is 2.00 bits per heavy atom. The first-order valence-corrected chi connectivity index (χ1v) is 7.91. The van der Waals surface area contributed by atoms with Crippen molar-refractivity contribution in [2.24, 2.45) is 0 Å². The lowest BCUT2D eigenvalue weighted by Crippen LogP contribution is -2.38. The average Bonchev–Trinajstić information content (AvgIpc) is 2.41. The van der Waals surface area contributed by atoms with Crippen LogP contribution in [0.3, 0.4) is 0 Å². The zero-order valence-electron chi connectivity index (χ0n) is 11.8. The van der Waals surface area contributed by atoms with Crippen LogP contribution in [0.1, 0.15) is 20.3 Å². The number of hydrogen-bond acceptors (Lipinski definition) is 4. The maximum absolute atomic E-state index is 12.5. The lowest BCUT2D eigenvalue weighted by atomic mass is 10.4. The molecule has 0 saturated heterocycles. The Bertz CT molecular complexity index is 561. The maximum atomic E-state index is 12.5. The molecular formula is C12H18F3N3O2S. The summed E-state index contributed by atoms with van der Waals surface area (Å²) >= 11 is 0. The van der Waals surface area contributed by atoms with Crippen LogP contribution in [-0.4, -0.2) is 43.5 Å². The second kappa shape index (κ2) is 7.08. The number of sulfonamides is 1. The van der Waals surface area contributed by atoms with Gasteiger partial charge in [0.25, 0.3) is 0 Å². The Balaban J connectivity index is 3.05. The van der Waals surface area contributed by atoms with Gasteiger partial charge in [0.2, 0.25) is 10.0 Å². The van der Waals surface area contributed by atoms with Crippen molar-refractivity contribution in [3.63, 3.8) is 0 Å². The van der Waals surface area contributed by atoms with Crippen molar-refractivity contribution in [2.45, 2.75) is 31.3 Å². The standard InChI is InChI=1S/C12H18F3N3O2S/c1-3-6-16-11-8-10(5-7-17-11)21(19,20)18(4-2)9-12(13,14)15/h5,7-8H,3-4,6,9H2,1-2H3,(H,16,17). The molecule has 21 heavy (non-hydrogen) atoms. The monoisotopic (exact) mass is 325 g/mol. The lowest BCUT2D eigenvalue weighted by Gasteiger charge is -2.22. The molecule has 120 valence electrons. The van der Waals surface area contributed by atoms with Crippen molar-refractivity contribution in [3.8, 4) is 0 Å². The summed E-state index contributed by atoms with van der Waals surface area (Å²) < 4.78 is 62.2. The van der Waals surface area contributed by atoms with Gasteiger partial charge in [-0.15, -0.1) is 0 Å². The molecule has 0 radical (unpaired) electrons. The zero-order chi connectivity index (χ0) is 16.1. The molecule has 0 bridgehead atoms. The van der Waals surface area contributed by atoms with E-state index in [0.29, 0.717) is 16.7 Å². The first-order valence-electron chi connectivity index (χ1n) is 6.47. The highest BCUT2D eigenvalue weighted by molar-refractivity contribution is 7.89. The molecule has 0 aromatic carbocycles. The van der Waals surface area contributed by atoms with Crippen molar-refractivity contribution in [1.29, 1.82) is 0 Å². The van der Waals surface area contributed by atoms with Crippen molar-refractivity contribution in [2.75, 3.05) is 25.0 Å². The van der Waals surface area contributed by atoms with Gasteiger partial charge in [0.1, 0.15) is 12.4 Å². The van der Waals surface area contributed by atoms with Gasteiger partial charge in [-0.3, -0.25) is 0 Å². The number of alkyl halides is 3. The quantitative estimate of drug-likeness (QED) is 0.836. The Morgan fingerprint density at radius 3 is 2.52 bits per heavy atom. The lowest BCUT2D eigenvalue weighted by molar-refractivity contribution is -0.135. The smallest absolute Gasteiger partial charge is 0.370 e. The molecule has 0 aliphatic carbocycles. The van der Waals surface area contributed by atoms with Crippen LogP contribution in [0, 0.1) is 0 Å². The van der Waals surface area contributed by atoms with E-state index in [1.165, 1.54) is 25.3 Å². The van der Waals surface area contributed by atoms with E-state index < -0.39 is 22.7 Å². The molecule has 0 unspecified atom stereocenters. The van der Waals surface area contributed by atoms with Gasteiger partial charge in [-0.1, -0.05) is 13.8 Å². The fourth-order valence-corrected chi connectivity index (χ4v) is 3.08. The molecule has 1 rings (SSSR count). The van der Waals surface area contributed by atoms with Crippen LogP contribution in [0.15, 0.2) is 23.2 Å². The Hall–Kier alpha value is -1.35. The van der Waals surface area contributed by atoms with Gasteiger partial charge in [0, 0.05) is 25.4 Å². The second-order valence-corrected chi connectivity index (χ2v) is 6.29. The highest BCUT2D eigenvalue weighted by atomic mass is 32.2. The molecule has 9 heteroatoms. The number of aromatic nitrogens is 1. The second-order valence-electron chi connectivity index (χ2n) is 4.35. The first-order chi connectivity index (χ1) is 9.70. The van der Waals surface area contributed by atoms with Crippen LogP contribution in [0.25, 0.3) is 0 Å². The Labute approximate surface area is 122 Å². The predicted molar refractivity (Wildman–Crippen MR) is 73.5 cm³/mol. The van der Waals surface area contributed by atoms with Crippen molar-refractivity contribution >= 4 is 15.8 Å². The van der Waals surface area contributed by atoms with Gasteiger partial charge in [0.05, 0.1) is 4.90 Å². The van der Waals surface area contributed by atoms with Crippen LogP contribution < -0.4 is 5.32 Å². The molecule has 1 N–H and O–H groups in total. The van der Waals surface area contributed by atoms with Crippen LogP contribution in [0.4, 0.5) is 19.0 Å². The molecule has 1 heterocycles. The molecule has 0 saturated carbocycles. The van der Waals surface area contributed by atoms with Gasteiger partial charge in [-0.2, -0.15) is 17.5 Å². The summed E-state index contributed by atoms with van der Waals surface area (Å²) in [6.45, 7) is 2.11. The number of nitrogens with one attached hydrogen (secondary N) is 1. The highest BCUT2D eigenvalue weighted by Gasteiger charge is 2.36. The minimum Gasteiger partial charge on any atom is -0.370 e. The average molecular weight is 325 g/mol. The largest absolute Gasteiger partial charge is 0.402 e. The summed E-state index contributed by atoms with van der Waals surface area (Å²) in [6, 6.07) is 2.43. The summed E-state index contributed by atoms with van der Waals surface area (Å²) in [5.41, 5.74) is 0. The first kappa shape index (κ1) is 17.7. The van der Waals surface area contributed by atoms with E-state index in [-0.39, 0.29) is 11.4 Å². The summed E-state index contributed by atoms with van der Waals surface area (Å²) in [4.78, 5) is 3.73. The fraction of sp³-hybridized carbons (Fsp3) is 0.583. The zero-order valence-corrected chi connectivity index (χ0v) is 12.6. The summed E-state index contributed by atoms with van der Waals surface area (Å²) in [5, 5.41) is 2.90. The number of pyridine rings is 1. The molecule has 0 fully saturated rings. The minimum atomic E-state index is -4.58. The SMILES string of the molecule is CCCNc1cc(S(=O)(=O)N(CC)CC(F)(F)F)ccn1. The van der Waals surface area contributed by atoms with Gasteiger partial charge in [-0.25, -0.2) is 13.4 Å². The van der Waals surface area contributed by atoms with Gasteiger partial charge in [-0.05, 0) is 12.5 Å². The molecule has 1 aromatic heterocycles. The van der Waals surface area contributed by atoms with E-state index in [0.717, 1.165) is 6.42 Å². The molecule has 0 aliphatic rings. The third-order valence-electron chi connectivity index (χ3n) is 2.63. The summed E-state index contributed by atoms with van der Waals surface area (Å²) in [6.07, 6.45) is -2.51. The summed E-state index contributed by atoms with van der Waals surface area (Å²) in [7, 11) is -4.20. The van der Waals surface area contributed by atoms with Crippen LogP contribution in [0.2, 0.25) is 0 Å². The van der Waals surface area contributed by atoms with Crippen molar-refractivity contribution in [1.82, 2.24) is 9.29 Å². The van der Waals surface area contributed by atoms with E-state index >= 15 is 0 Å². The van der Waals surface area contributed by atoms with E-state index in [1.807, 2.05) is 6.92 Å². The molecule has 1 aromatic rings. The molecule has 0 spiro atoms. The van der Waals surface area contributed by atoms with Crippen LogP contribution in [-0.2, 0) is 10.0 Å². The molecular weight excluding hydrogens is 307 g/mol. The third-order valence-corrected chi connectivity index (χ3v) is 4.55. The van der Waals surface area contributed by atoms with E-state index in [9.17, 15) is 21.6 Å². The van der Waals surface area contributed by atoms with Crippen molar-refractivity contribution in [3.05, 3.63) is 18.3 Å². The molecule has 0 atom stereocenters. The molecule has 0 aliphatic heterocycles. The van der Waals surface area contributed by atoms with Crippen LogP contribution >= 0.6 is 0 Å². The van der Waals surface area contributed by atoms with E-state index in [2.05, 4.69) is 10.3 Å². The number of anilines is 1. The van der Waals surface area contributed by atoms with E-state index in [4.69, 9.17) is 0 Å². The Kier molecular flexibility index (Phi) is 5.97. The normalized spacial score (nSPS) is 12.7. The van der Waals surface area contributed by atoms with Crippen LogP contribution in [0.5, 0.6) is 0 Å². The predicted octanol–water partition coefficient (Wildman–Crippen LogP) is 2.48. The van der Waals surface area contributed by atoms with E-state index in [1.54, 1.807) is 0 Å².